The molecule has 2 aliphatic rings. The van der Waals surface area contributed by atoms with Gasteiger partial charge >= 0.3 is 6.18 Å². The molecule has 0 radical (unpaired) electrons. The predicted molar refractivity (Wildman–Crippen MR) is 144 cm³/mol. The lowest BCUT2D eigenvalue weighted by Crippen LogP contribution is -2.59. The fourth-order valence-corrected chi connectivity index (χ4v) is 5.39. The molecule has 0 spiro atoms. The van der Waals surface area contributed by atoms with E-state index in [4.69, 9.17) is 0 Å². The number of halogens is 3. The SMILES string of the molecule is CC1CN(C(=O)c2ccccc2)C(C)CN1CCN1CCCC1NC(=O)CNC(=O)c1cccc(C(F)(F)F)c1. The van der Waals surface area contributed by atoms with Crippen LogP contribution in [-0.2, 0) is 11.0 Å². The van der Waals surface area contributed by atoms with Crippen molar-refractivity contribution in [2.24, 2.45) is 0 Å². The third-order valence-electron chi connectivity index (χ3n) is 7.62. The molecule has 0 aromatic heterocycles. The average Bonchev–Trinajstić information content (AvgIpc) is 3.38. The summed E-state index contributed by atoms with van der Waals surface area (Å²) >= 11 is 0. The molecule has 216 valence electrons. The third-order valence-corrected chi connectivity index (χ3v) is 7.62. The highest BCUT2D eigenvalue weighted by Gasteiger charge is 2.34. The van der Waals surface area contributed by atoms with Crippen molar-refractivity contribution in [3.05, 3.63) is 71.3 Å². The van der Waals surface area contributed by atoms with E-state index in [9.17, 15) is 27.6 Å². The van der Waals surface area contributed by atoms with Crippen LogP contribution < -0.4 is 10.6 Å². The molecule has 8 nitrogen and oxygen atoms in total. The minimum Gasteiger partial charge on any atom is -0.343 e. The standard InChI is InChI=1S/C29H36F3N5O3/c1-20-19-37(28(40)22-8-4-3-5-9-22)21(2)18-36(20)15-14-35-13-7-12-25(35)34-26(38)17-33-27(39)23-10-6-11-24(16-23)29(30,31)32/h3-6,8-11,16,20-21,25H,7,12-15,17-19H2,1-2H3,(H,33,39)(H,34,38). The Morgan fingerprint density at radius 3 is 2.33 bits per heavy atom. The first-order chi connectivity index (χ1) is 19.0. The van der Waals surface area contributed by atoms with Crippen molar-refractivity contribution in [3.8, 4) is 0 Å². The van der Waals surface area contributed by atoms with Gasteiger partial charge in [0.05, 0.1) is 18.3 Å². The van der Waals surface area contributed by atoms with Crippen molar-refractivity contribution < 1.29 is 27.6 Å². The van der Waals surface area contributed by atoms with Crippen LogP contribution in [0.4, 0.5) is 13.2 Å². The second-order valence-electron chi connectivity index (χ2n) is 10.5. The molecule has 0 aliphatic carbocycles. The van der Waals surface area contributed by atoms with Gasteiger partial charge in [-0.15, -0.1) is 0 Å². The van der Waals surface area contributed by atoms with Gasteiger partial charge in [0, 0.05) is 55.9 Å². The van der Waals surface area contributed by atoms with Crippen LogP contribution in [0.25, 0.3) is 0 Å². The molecule has 3 unspecified atom stereocenters. The molecule has 3 atom stereocenters. The second kappa shape index (κ2) is 12.8. The summed E-state index contributed by atoms with van der Waals surface area (Å²) in [5.41, 5.74) is -0.380. The van der Waals surface area contributed by atoms with Crippen LogP contribution in [0.5, 0.6) is 0 Å². The predicted octanol–water partition coefficient (Wildman–Crippen LogP) is 3.21. The molecule has 2 saturated heterocycles. The quantitative estimate of drug-likeness (QED) is 0.519. The van der Waals surface area contributed by atoms with Crippen LogP contribution in [0.15, 0.2) is 54.6 Å². The molecule has 2 aliphatic heterocycles. The number of alkyl halides is 3. The van der Waals surface area contributed by atoms with Gasteiger partial charge in [0.2, 0.25) is 5.91 Å². The minimum atomic E-state index is -4.55. The Balaban J connectivity index is 1.23. The zero-order valence-electron chi connectivity index (χ0n) is 22.8. The summed E-state index contributed by atoms with van der Waals surface area (Å²) in [5, 5.41) is 5.35. The van der Waals surface area contributed by atoms with Gasteiger partial charge in [0.25, 0.3) is 11.8 Å². The molecule has 0 bridgehead atoms. The molecule has 2 heterocycles. The van der Waals surface area contributed by atoms with Crippen molar-refractivity contribution in [2.45, 2.75) is 51.1 Å². The van der Waals surface area contributed by atoms with Gasteiger partial charge in [0.1, 0.15) is 0 Å². The van der Waals surface area contributed by atoms with E-state index in [0.717, 1.165) is 57.2 Å². The lowest BCUT2D eigenvalue weighted by Gasteiger charge is -2.44. The van der Waals surface area contributed by atoms with Crippen LogP contribution in [0.1, 0.15) is 53.0 Å². The number of benzene rings is 2. The monoisotopic (exact) mass is 559 g/mol. The van der Waals surface area contributed by atoms with Crippen molar-refractivity contribution in [1.29, 1.82) is 0 Å². The number of piperazine rings is 1. The third kappa shape index (κ3) is 7.39. The van der Waals surface area contributed by atoms with Crippen LogP contribution in [0.3, 0.4) is 0 Å². The van der Waals surface area contributed by atoms with Gasteiger partial charge in [-0.05, 0) is 57.0 Å². The molecule has 2 aromatic rings. The molecule has 2 aromatic carbocycles. The normalized spacial score (nSPS) is 22.2. The van der Waals surface area contributed by atoms with Crippen molar-refractivity contribution >= 4 is 17.7 Å². The number of carbonyl (C=O) groups excluding carboxylic acids is 3. The molecular weight excluding hydrogens is 523 g/mol. The van der Waals surface area contributed by atoms with E-state index in [1.807, 2.05) is 35.2 Å². The lowest BCUT2D eigenvalue weighted by molar-refractivity contribution is -0.137. The summed E-state index contributed by atoms with van der Waals surface area (Å²) in [4.78, 5) is 44.3. The first-order valence-corrected chi connectivity index (χ1v) is 13.6. The first-order valence-electron chi connectivity index (χ1n) is 13.6. The Labute approximate surface area is 232 Å². The van der Waals surface area contributed by atoms with Gasteiger partial charge in [0.15, 0.2) is 0 Å². The Bertz CT molecular complexity index is 1190. The first kappa shape index (κ1) is 29.5. The molecule has 11 heteroatoms. The molecule has 40 heavy (non-hydrogen) atoms. The zero-order valence-corrected chi connectivity index (χ0v) is 22.8. The summed E-state index contributed by atoms with van der Waals surface area (Å²) < 4.78 is 38.8. The second-order valence-corrected chi connectivity index (χ2v) is 10.5. The molecule has 2 N–H and O–H groups in total. The van der Waals surface area contributed by atoms with Crippen molar-refractivity contribution in [2.75, 3.05) is 39.3 Å². The molecule has 4 rings (SSSR count). The fraction of sp³-hybridized carbons (Fsp3) is 0.483. The maximum atomic E-state index is 13.0. The average molecular weight is 560 g/mol. The summed E-state index contributed by atoms with van der Waals surface area (Å²) in [6.45, 7) is 7.61. The van der Waals surface area contributed by atoms with Crippen LogP contribution in [0, 0.1) is 0 Å². The summed E-state index contributed by atoms with van der Waals surface area (Å²) in [6, 6.07) is 13.7. The van der Waals surface area contributed by atoms with Gasteiger partial charge in [-0.3, -0.25) is 24.2 Å². The van der Waals surface area contributed by atoms with E-state index in [1.165, 1.54) is 6.07 Å². The highest BCUT2D eigenvalue weighted by atomic mass is 19.4. The Morgan fingerprint density at radius 2 is 1.60 bits per heavy atom. The number of nitrogens with zero attached hydrogens (tertiary/aromatic N) is 3. The topological polar surface area (TPSA) is 85.0 Å². The van der Waals surface area contributed by atoms with Gasteiger partial charge in [-0.2, -0.15) is 13.2 Å². The Hall–Kier alpha value is -3.44. The molecule has 2 fully saturated rings. The highest BCUT2D eigenvalue weighted by Crippen LogP contribution is 2.29. The number of likely N-dealkylation sites (tertiary alicyclic amines) is 1. The maximum absolute atomic E-state index is 13.0. The number of nitrogens with one attached hydrogen (secondary N) is 2. The number of amides is 3. The van der Waals surface area contributed by atoms with Gasteiger partial charge < -0.3 is 15.5 Å². The summed E-state index contributed by atoms with van der Waals surface area (Å²) in [7, 11) is 0. The van der Waals surface area contributed by atoms with Crippen molar-refractivity contribution in [3.63, 3.8) is 0 Å². The number of carbonyl (C=O) groups is 3. The van der Waals surface area contributed by atoms with Crippen LogP contribution in [0.2, 0.25) is 0 Å². The summed E-state index contributed by atoms with van der Waals surface area (Å²) in [5.74, 6) is -1.09. The molecule has 3 amide bonds. The van der Waals surface area contributed by atoms with E-state index in [0.29, 0.717) is 12.1 Å². The number of hydrogen-bond acceptors (Lipinski definition) is 5. The fourth-order valence-electron chi connectivity index (χ4n) is 5.39. The van der Waals surface area contributed by atoms with Gasteiger partial charge in [-0.25, -0.2) is 0 Å². The molecular formula is C29H36F3N5O3. The largest absolute Gasteiger partial charge is 0.416 e. The van der Waals surface area contributed by atoms with Crippen LogP contribution in [-0.4, -0.2) is 89.9 Å². The van der Waals surface area contributed by atoms with E-state index < -0.39 is 23.6 Å². The smallest absolute Gasteiger partial charge is 0.343 e. The van der Waals surface area contributed by atoms with Crippen molar-refractivity contribution in [1.82, 2.24) is 25.3 Å². The molecule has 0 saturated carbocycles. The van der Waals surface area contributed by atoms with E-state index in [2.05, 4.69) is 34.3 Å². The van der Waals surface area contributed by atoms with Crippen LogP contribution >= 0.6 is 0 Å². The summed E-state index contributed by atoms with van der Waals surface area (Å²) in [6.07, 6.45) is -3.03. The van der Waals surface area contributed by atoms with E-state index >= 15 is 0 Å². The van der Waals surface area contributed by atoms with Gasteiger partial charge in [-0.1, -0.05) is 24.3 Å². The van der Waals surface area contributed by atoms with E-state index in [1.54, 1.807) is 0 Å². The highest BCUT2D eigenvalue weighted by molar-refractivity contribution is 5.96. The number of hydrogen-bond donors (Lipinski definition) is 2. The lowest BCUT2D eigenvalue weighted by atomic mass is 10.1. The zero-order chi connectivity index (χ0) is 28.9. The minimum absolute atomic E-state index is 0.0436. The maximum Gasteiger partial charge on any atom is 0.416 e. The Morgan fingerprint density at radius 1 is 0.900 bits per heavy atom. The van der Waals surface area contributed by atoms with E-state index in [-0.39, 0.29) is 36.3 Å². The number of rotatable bonds is 8. The Kier molecular flexibility index (Phi) is 9.47.